The number of ether oxygens (including phenoxy) is 1. The molecule has 0 bridgehead atoms. The largest absolute Gasteiger partial charge is 0.508 e. The molecule has 4 amide bonds. The molecule has 3 aromatic carbocycles. The van der Waals surface area contributed by atoms with Gasteiger partial charge in [0.15, 0.2) is 9.75 Å². The van der Waals surface area contributed by atoms with Gasteiger partial charge in [-0.05, 0) is 79.4 Å². The Hall–Kier alpha value is -4.74. The predicted molar refractivity (Wildman–Crippen MR) is 184 cm³/mol. The highest BCUT2D eigenvalue weighted by atomic mass is 35.5. The van der Waals surface area contributed by atoms with Crippen molar-refractivity contribution in [3.8, 4) is 11.5 Å². The molecule has 0 unspecified atom stereocenters. The topological polar surface area (TPSA) is 132 Å². The number of azo groups is 1. The molecular formula is C36H33Cl2N5O6. The van der Waals surface area contributed by atoms with E-state index in [0.717, 1.165) is 10.6 Å². The molecule has 49 heavy (non-hydrogen) atoms. The number of likely N-dealkylation sites (tertiary alicyclic amines) is 1. The first-order chi connectivity index (χ1) is 23.3. The summed E-state index contributed by atoms with van der Waals surface area (Å²) in [6, 6.07) is 18.9. The molecule has 0 aromatic heterocycles. The number of alkyl halides is 2. The number of anilines is 2. The van der Waals surface area contributed by atoms with Crippen LogP contribution in [0.25, 0.3) is 0 Å². The van der Waals surface area contributed by atoms with Gasteiger partial charge in [-0.3, -0.25) is 29.0 Å². The molecule has 13 heteroatoms. The van der Waals surface area contributed by atoms with E-state index < -0.39 is 51.1 Å². The lowest BCUT2D eigenvalue weighted by Crippen LogP contribution is -2.60. The zero-order chi connectivity index (χ0) is 35.0. The van der Waals surface area contributed by atoms with Gasteiger partial charge in [0.25, 0.3) is 11.8 Å². The van der Waals surface area contributed by atoms with Crippen molar-refractivity contribution in [2.24, 2.45) is 28.0 Å². The molecule has 252 valence electrons. The second-order valence-corrected chi connectivity index (χ2v) is 14.3. The highest BCUT2D eigenvalue weighted by Crippen LogP contribution is 2.67. The minimum atomic E-state index is -2.04. The Bertz CT molecular complexity index is 1960. The van der Waals surface area contributed by atoms with Crippen LogP contribution in [0, 0.1) is 17.8 Å². The monoisotopic (exact) mass is 701 g/mol. The third-order valence-corrected chi connectivity index (χ3v) is 11.7. The minimum Gasteiger partial charge on any atom is -0.508 e. The number of imide groups is 2. The van der Waals surface area contributed by atoms with E-state index in [-0.39, 0.29) is 35.8 Å². The van der Waals surface area contributed by atoms with Crippen molar-refractivity contribution in [2.45, 2.75) is 28.5 Å². The molecule has 3 fully saturated rings. The SMILES string of the molecule is COc1cccc(O)c1[C@H]1C2=CC[C@@H]3C(=O)N(c4ccc(N=Nc5ccc(N(C)C)cc5)cc4)C(=O)[C@@H]3[C@@H]2C[C@@]2(Cl)C(=O)N(C)C(=O)[C@@]12Cl. The molecular weight excluding hydrogens is 669 g/mol. The number of aromatic hydroxyl groups is 1. The van der Waals surface area contributed by atoms with E-state index in [1.807, 2.05) is 49.3 Å². The van der Waals surface area contributed by atoms with Crippen LogP contribution in [0.3, 0.4) is 0 Å². The zero-order valence-electron chi connectivity index (χ0n) is 27.1. The molecule has 1 saturated carbocycles. The van der Waals surface area contributed by atoms with Crippen LogP contribution in [0.5, 0.6) is 11.5 Å². The third-order valence-electron chi connectivity index (χ3n) is 10.3. The number of amides is 4. The predicted octanol–water partition coefficient (Wildman–Crippen LogP) is 6.08. The van der Waals surface area contributed by atoms with Gasteiger partial charge in [-0.1, -0.05) is 17.7 Å². The van der Waals surface area contributed by atoms with Crippen molar-refractivity contribution in [1.82, 2.24) is 4.90 Å². The number of nitrogens with zero attached hydrogens (tertiary/aromatic N) is 5. The number of allylic oxidation sites excluding steroid dienone is 2. The van der Waals surface area contributed by atoms with Crippen molar-refractivity contribution in [2.75, 3.05) is 38.1 Å². The molecule has 6 atom stereocenters. The van der Waals surface area contributed by atoms with E-state index >= 15 is 0 Å². The highest BCUT2D eigenvalue weighted by molar-refractivity contribution is 6.53. The number of rotatable bonds is 6. The fourth-order valence-electron chi connectivity index (χ4n) is 7.92. The first-order valence-corrected chi connectivity index (χ1v) is 16.5. The van der Waals surface area contributed by atoms with Gasteiger partial charge in [0.1, 0.15) is 11.5 Å². The number of carbonyl (C=O) groups excluding carboxylic acids is 4. The molecule has 0 radical (unpaired) electrons. The number of carbonyl (C=O) groups is 4. The van der Waals surface area contributed by atoms with Crippen LogP contribution in [0.2, 0.25) is 0 Å². The van der Waals surface area contributed by atoms with Crippen LogP contribution < -0.4 is 14.5 Å². The number of hydrogen-bond donors (Lipinski definition) is 1. The quantitative estimate of drug-likeness (QED) is 0.143. The molecule has 3 aromatic rings. The number of fused-ring (bicyclic) bond motifs is 4. The van der Waals surface area contributed by atoms with Gasteiger partial charge in [-0.15, -0.1) is 23.2 Å². The van der Waals surface area contributed by atoms with E-state index in [1.54, 1.807) is 36.4 Å². The van der Waals surface area contributed by atoms with Crippen LogP contribution in [0.15, 0.2) is 88.6 Å². The summed E-state index contributed by atoms with van der Waals surface area (Å²) in [5, 5.41) is 19.8. The van der Waals surface area contributed by atoms with E-state index in [9.17, 15) is 24.3 Å². The maximum atomic E-state index is 14.3. The molecule has 2 heterocycles. The van der Waals surface area contributed by atoms with Gasteiger partial charge >= 0.3 is 0 Å². The number of phenols is 1. The highest BCUT2D eigenvalue weighted by Gasteiger charge is 2.76. The molecule has 0 spiro atoms. The Morgan fingerprint density at radius 3 is 2.12 bits per heavy atom. The first kappa shape index (κ1) is 32.8. The van der Waals surface area contributed by atoms with Crippen molar-refractivity contribution in [3.63, 3.8) is 0 Å². The Labute approximate surface area is 292 Å². The maximum Gasteiger partial charge on any atom is 0.253 e. The van der Waals surface area contributed by atoms with Gasteiger partial charge in [0.2, 0.25) is 11.8 Å². The van der Waals surface area contributed by atoms with Gasteiger partial charge in [0.05, 0.1) is 36.0 Å². The lowest BCUT2D eigenvalue weighted by atomic mass is 9.56. The number of hydrogen-bond acceptors (Lipinski definition) is 9. The van der Waals surface area contributed by atoms with Gasteiger partial charge < -0.3 is 14.7 Å². The number of phenolic OH excluding ortho intramolecular Hbond substituents is 1. The fraction of sp³-hybridized carbons (Fsp3) is 0.333. The van der Waals surface area contributed by atoms with E-state index in [0.29, 0.717) is 22.6 Å². The molecule has 4 aliphatic rings. The van der Waals surface area contributed by atoms with Crippen LogP contribution >= 0.6 is 23.2 Å². The summed E-state index contributed by atoms with van der Waals surface area (Å²) in [7, 11) is 6.63. The fourth-order valence-corrected chi connectivity index (χ4v) is 8.92. The molecule has 1 N–H and O–H groups in total. The zero-order valence-corrected chi connectivity index (χ0v) is 28.6. The second-order valence-electron chi connectivity index (χ2n) is 13.0. The lowest BCUT2D eigenvalue weighted by Gasteiger charge is -2.50. The third kappa shape index (κ3) is 4.69. The number of halogens is 2. The van der Waals surface area contributed by atoms with Gasteiger partial charge in [-0.25, -0.2) is 0 Å². The van der Waals surface area contributed by atoms with Crippen LogP contribution in [0.1, 0.15) is 24.3 Å². The first-order valence-electron chi connectivity index (χ1n) is 15.8. The summed E-state index contributed by atoms with van der Waals surface area (Å²) >= 11 is 14.5. The normalized spacial score (nSPS) is 29.2. The van der Waals surface area contributed by atoms with Crippen molar-refractivity contribution >= 4 is 69.6 Å². The van der Waals surface area contributed by atoms with E-state index in [1.165, 1.54) is 25.1 Å². The molecule has 2 aliphatic carbocycles. The summed E-state index contributed by atoms with van der Waals surface area (Å²) < 4.78 is 5.60. The van der Waals surface area contributed by atoms with Crippen molar-refractivity contribution in [1.29, 1.82) is 0 Å². The average Bonchev–Trinajstić information content (AvgIpc) is 3.42. The Morgan fingerprint density at radius 2 is 1.51 bits per heavy atom. The summed E-state index contributed by atoms with van der Waals surface area (Å²) in [6.45, 7) is 0. The Balaban J connectivity index is 1.23. The molecule has 11 nitrogen and oxygen atoms in total. The summed E-state index contributed by atoms with van der Waals surface area (Å²) in [5.41, 5.74) is 3.35. The standard InChI is InChI=1S/C36H33Cl2N5O6/c1-41(2)21-12-8-19(9-13-21)39-40-20-10-14-22(15-11-20)43-31(45)24-17-16-23-25(28(24)32(43)46)18-35(37)33(47)42(3)34(48)36(35,38)30(23)29-26(44)6-5-7-27(29)49-4/h5-16,24-25,28,30,44H,17-18H2,1-4H3/t24-,25+,28-,30+,35+,36-/m0/s1. The summed E-state index contributed by atoms with van der Waals surface area (Å²) in [5.74, 6) is -5.72. The van der Waals surface area contributed by atoms with Crippen LogP contribution in [0.4, 0.5) is 22.7 Å². The van der Waals surface area contributed by atoms with Crippen LogP contribution in [-0.4, -0.2) is 71.6 Å². The molecule has 7 rings (SSSR count). The second kappa shape index (κ2) is 11.7. The number of methoxy groups -OCH3 is 1. The summed E-state index contributed by atoms with van der Waals surface area (Å²) in [6.07, 6.45) is 1.83. The molecule has 2 saturated heterocycles. The Kier molecular flexibility index (Phi) is 7.83. The lowest BCUT2D eigenvalue weighted by molar-refractivity contribution is -0.138. The van der Waals surface area contributed by atoms with E-state index in [2.05, 4.69) is 10.2 Å². The van der Waals surface area contributed by atoms with Crippen molar-refractivity contribution in [3.05, 3.63) is 83.9 Å². The number of benzene rings is 3. The van der Waals surface area contributed by atoms with Gasteiger partial charge in [0, 0.05) is 38.3 Å². The smallest absolute Gasteiger partial charge is 0.253 e. The van der Waals surface area contributed by atoms with Crippen molar-refractivity contribution < 1.29 is 29.0 Å². The average molecular weight is 703 g/mol. The van der Waals surface area contributed by atoms with Gasteiger partial charge in [-0.2, -0.15) is 10.2 Å². The van der Waals surface area contributed by atoms with E-state index in [4.69, 9.17) is 27.9 Å². The minimum absolute atomic E-state index is 0.159. The van der Waals surface area contributed by atoms with Crippen LogP contribution in [-0.2, 0) is 19.2 Å². The molecule has 2 aliphatic heterocycles. The Morgan fingerprint density at radius 1 is 0.878 bits per heavy atom. The summed E-state index contributed by atoms with van der Waals surface area (Å²) in [4.78, 5) is 55.8. The maximum absolute atomic E-state index is 14.3.